The first-order valence-corrected chi connectivity index (χ1v) is 12.8. The number of pyridine rings is 1. The van der Waals surface area contributed by atoms with Gasteiger partial charge in [0.1, 0.15) is 17.2 Å². The minimum Gasteiger partial charge on any atom is -0.475 e. The maximum Gasteiger partial charge on any atom is 0.490 e. The summed E-state index contributed by atoms with van der Waals surface area (Å²) in [5.41, 5.74) is 0.510. The van der Waals surface area contributed by atoms with Crippen LogP contribution in [0.25, 0.3) is 0 Å². The van der Waals surface area contributed by atoms with E-state index in [0.29, 0.717) is 39.1 Å². The molecule has 2 aliphatic rings. The molecule has 1 spiro atoms. The van der Waals surface area contributed by atoms with E-state index < -0.39 is 47.4 Å². The second kappa shape index (κ2) is 15.6. The van der Waals surface area contributed by atoms with Gasteiger partial charge in [-0.1, -0.05) is 6.07 Å². The third-order valence-electron chi connectivity index (χ3n) is 6.56. The van der Waals surface area contributed by atoms with Gasteiger partial charge < -0.3 is 25.7 Å². The minimum atomic E-state index is -5.08. The maximum absolute atomic E-state index is 13.3. The van der Waals surface area contributed by atoms with E-state index in [9.17, 15) is 44.7 Å². The van der Waals surface area contributed by atoms with Crippen LogP contribution in [0.3, 0.4) is 0 Å². The van der Waals surface area contributed by atoms with Crippen LogP contribution < -0.4 is 10.6 Å². The van der Waals surface area contributed by atoms with E-state index >= 15 is 0 Å². The Morgan fingerprint density at radius 1 is 0.956 bits per heavy atom. The summed E-state index contributed by atoms with van der Waals surface area (Å²) in [5.74, 6) is -7.52. The van der Waals surface area contributed by atoms with Gasteiger partial charge in [0.15, 0.2) is 0 Å². The zero-order valence-electron chi connectivity index (χ0n) is 23.1. The van der Waals surface area contributed by atoms with Crippen LogP contribution in [-0.4, -0.2) is 99.5 Å². The van der Waals surface area contributed by atoms with Crippen molar-refractivity contribution in [2.24, 2.45) is 0 Å². The van der Waals surface area contributed by atoms with Crippen molar-refractivity contribution in [3.63, 3.8) is 0 Å². The summed E-state index contributed by atoms with van der Waals surface area (Å²) in [6, 6.07) is 6.66. The van der Waals surface area contributed by atoms with Gasteiger partial charge in [0, 0.05) is 56.7 Å². The molecule has 1 aromatic heterocycles. The Morgan fingerprint density at radius 2 is 1.49 bits per heavy atom. The third kappa shape index (κ3) is 11.2. The number of nitrogens with zero attached hydrogens (tertiary/aromatic N) is 3. The number of carboxylic acid groups (broad SMARTS) is 2. The lowest BCUT2D eigenvalue weighted by atomic mass is 9.86. The number of rotatable bonds is 6. The number of hydrogen-bond acceptors (Lipinski definition) is 7. The number of carbonyl (C=O) groups is 4. The third-order valence-corrected chi connectivity index (χ3v) is 6.56. The second-order valence-corrected chi connectivity index (χ2v) is 9.62. The van der Waals surface area contributed by atoms with Crippen molar-refractivity contribution in [2.45, 2.75) is 37.3 Å². The van der Waals surface area contributed by atoms with Crippen molar-refractivity contribution in [1.82, 2.24) is 25.4 Å². The van der Waals surface area contributed by atoms with Gasteiger partial charge in [-0.05, 0) is 36.6 Å². The fourth-order valence-corrected chi connectivity index (χ4v) is 4.35. The molecule has 2 aromatic rings. The molecular formula is C26H27F8N5O6. The van der Waals surface area contributed by atoms with Gasteiger partial charge in [-0.3, -0.25) is 19.5 Å². The number of amides is 2. The zero-order valence-corrected chi connectivity index (χ0v) is 23.1. The molecule has 2 fully saturated rings. The molecular weight excluding hydrogens is 630 g/mol. The lowest BCUT2D eigenvalue weighted by molar-refractivity contribution is -0.193. The van der Waals surface area contributed by atoms with Crippen molar-refractivity contribution < 1.29 is 64.5 Å². The van der Waals surface area contributed by atoms with Crippen molar-refractivity contribution >= 4 is 23.8 Å². The highest BCUT2D eigenvalue weighted by atomic mass is 19.4. The van der Waals surface area contributed by atoms with Crippen LogP contribution in [0.2, 0.25) is 0 Å². The largest absolute Gasteiger partial charge is 0.490 e. The Balaban J connectivity index is 0.000000421. The molecule has 4 N–H and O–H groups in total. The molecule has 0 saturated carbocycles. The number of halogens is 8. The molecule has 0 aliphatic carbocycles. The zero-order chi connectivity index (χ0) is 34.0. The van der Waals surface area contributed by atoms with Crippen LogP contribution >= 0.6 is 0 Å². The number of benzene rings is 1. The number of alkyl halides is 6. The van der Waals surface area contributed by atoms with Crippen molar-refractivity contribution in [3.05, 3.63) is 65.5 Å². The smallest absolute Gasteiger partial charge is 0.475 e. The summed E-state index contributed by atoms with van der Waals surface area (Å²) in [5, 5.41) is 19.9. The van der Waals surface area contributed by atoms with E-state index in [-0.39, 0.29) is 11.5 Å². The van der Waals surface area contributed by atoms with Crippen LogP contribution in [0.4, 0.5) is 35.1 Å². The van der Waals surface area contributed by atoms with Crippen LogP contribution in [0.1, 0.15) is 28.8 Å². The van der Waals surface area contributed by atoms with Crippen molar-refractivity contribution in [3.8, 4) is 0 Å². The summed E-state index contributed by atoms with van der Waals surface area (Å²) in [7, 11) is 0. The Kier molecular flexibility index (Phi) is 12.7. The molecule has 11 nitrogen and oxygen atoms in total. The molecule has 0 unspecified atom stereocenters. The van der Waals surface area contributed by atoms with Gasteiger partial charge in [-0.15, -0.1) is 0 Å². The second-order valence-electron chi connectivity index (χ2n) is 9.62. The van der Waals surface area contributed by atoms with E-state index in [2.05, 4.69) is 25.4 Å². The highest BCUT2D eigenvalue weighted by Gasteiger charge is 2.49. The van der Waals surface area contributed by atoms with Crippen LogP contribution in [0.15, 0.2) is 42.7 Å². The highest BCUT2D eigenvalue weighted by molar-refractivity contribution is 5.94. The van der Waals surface area contributed by atoms with Crippen molar-refractivity contribution in [1.29, 1.82) is 0 Å². The maximum atomic E-state index is 13.3. The van der Waals surface area contributed by atoms with E-state index in [4.69, 9.17) is 19.8 Å². The Labute approximate surface area is 249 Å². The molecule has 248 valence electrons. The molecule has 0 bridgehead atoms. The number of carbonyl (C=O) groups excluding carboxylic acids is 2. The average molecular weight is 658 g/mol. The van der Waals surface area contributed by atoms with Gasteiger partial charge in [-0.2, -0.15) is 26.3 Å². The molecule has 4 rings (SSSR count). The Hall–Kier alpha value is -4.39. The molecule has 19 heteroatoms. The first kappa shape index (κ1) is 36.8. The highest BCUT2D eigenvalue weighted by Crippen LogP contribution is 2.33. The van der Waals surface area contributed by atoms with Gasteiger partial charge >= 0.3 is 24.3 Å². The number of hydrogen-bond donors (Lipinski definition) is 4. The first-order valence-electron chi connectivity index (χ1n) is 12.8. The van der Waals surface area contributed by atoms with Gasteiger partial charge in [0.2, 0.25) is 5.91 Å². The van der Waals surface area contributed by atoms with Gasteiger partial charge in [-0.25, -0.2) is 18.4 Å². The summed E-state index contributed by atoms with van der Waals surface area (Å²) < 4.78 is 90.0. The average Bonchev–Trinajstić information content (AvgIpc) is 3.23. The first-order chi connectivity index (χ1) is 20.8. The number of nitrogens with one attached hydrogen (secondary N) is 2. The molecule has 0 atom stereocenters. The van der Waals surface area contributed by atoms with Crippen LogP contribution in [-0.2, 0) is 20.9 Å². The van der Waals surface area contributed by atoms with Gasteiger partial charge in [0.05, 0.1) is 6.67 Å². The molecule has 45 heavy (non-hydrogen) atoms. The quantitative estimate of drug-likeness (QED) is 0.344. The molecule has 3 heterocycles. The van der Waals surface area contributed by atoms with Crippen LogP contribution in [0.5, 0.6) is 0 Å². The fraction of sp³-hybridized carbons (Fsp3) is 0.423. The SMILES string of the molecule is O=C(NCCN1CCC2(CC1)C(=O)NCN2Cc1cccnc1)c1cc(F)cc(F)c1.O=C(O)C(F)(F)F.O=C(O)C(F)(F)F. The monoisotopic (exact) mass is 657 g/mol. The lowest BCUT2D eigenvalue weighted by Gasteiger charge is -2.42. The molecule has 2 saturated heterocycles. The Bertz CT molecular complexity index is 1290. The summed E-state index contributed by atoms with van der Waals surface area (Å²) in [6.45, 7) is 3.59. The fourth-order valence-electron chi connectivity index (χ4n) is 4.35. The van der Waals surface area contributed by atoms with Crippen molar-refractivity contribution in [2.75, 3.05) is 32.8 Å². The normalized spacial score (nSPS) is 16.5. The minimum absolute atomic E-state index is 0.0382. The lowest BCUT2D eigenvalue weighted by Crippen LogP contribution is -2.56. The van der Waals surface area contributed by atoms with Gasteiger partial charge in [0.25, 0.3) is 5.91 Å². The number of piperidine rings is 1. The predicted octanol–water partition coefficient (Wildman–Crippen LogP) is 2.78. The molecule has 2 aliphatic heterocycles. The predicted molar refractivity (Wildman–Crippen MR) is 137 cm³/mol. The topological polar surface area (TPSA) is 152 Å². The van der Waals surface area contributed by atoms with E-state index in [1.54, 1.807) is 6.20 Å². The summed E-state index contributed by atoms with van der Waals surface area (Å²) >= 11 is 0. The number of likely N-dealkylation sites (tertiary alicyclic amines) is 1. The molecule has 1 aromatic carbocycles. The van der Waals surface area contributed by atoms with Crippen LogP contribution in [0, 0.1) is 11.6 Å². The number of carboxylic acids is 2. The Morgan fingerprint density at radius 3 is 1.96 bits per heavy atom. The summed E-state index contributed by atoms with van der Waals surface area (Å²) in [6.07, 6.45) is -5.22. The number of aromatic nitrogens is 1. The summed E-state index contributed by atoms with van der Waals surface area (Å²) in [4.78, 5) is 51.1. The van der Waals surface area contributed by atoms with E-state index in [0.717, 1.165) is 36.9 Å². The number of aliphatic carboxylic acids is 2. The molecule has 2 amide bonds. The standard InChI is InChI=1S/C22H25F2N5O2.2C2HF3O2/c23-18-10-17(11-19(24)12-18)20(30)26-6-9-28-7-3-22(4-8-28)21(31)27-15-29(22)14-16-2-1-5-25-13-16;2*3-2(4,5)1(6)7/h1-2,5,10-13H,3-4,6-9,14-15H2,(H,26,30)(H,27,31);2*(H,6,7). The molecule has 0 radical (unpaired) electrons. The van der Waals surface area contributed by atoms with E-state index in [1.807, 2.05) is 18.3 Å². The van der Waals surface area contributed by atoms with E-state index in [1.165, 1.54) is 0 Å².